The summed E-state index contributed by atoms with van der Waals surface area (Å²) in [5.41, 5.74) is 3.73. The number of amides is 2. The van der Waals surface area contributed by atoms with E-state index in [9.17, 15) is 4.79 Å². The molecule has 0 saturated carbocycles. The molecule has 1 aliphatic heterocycles. The van der Waals surface area contributed by atoms with Gasteiger partial charge in [0.25, 0.3) is 0 Å². The lowest BCUT2D eigenvalue weighted by atomic mass is 10.1. The molecule has 1 aliphatic rings. The van der Waals surface area contributed by atoms with Crippen LogP contribution in [-0.2, 0) is 16.0 Å². The second-order valence-electron chi connectivity index (χ2n) is 5.12. The van der Waals surface area contributed by atoms with Crippen LogP contribution in [0, 0.1) is 0 Å². The van der Waals surface area contributed by atoms with Gasteiger partial charge in [0.05, 0.1) is 0 Å². The number of carbonyl (C=O) groups is 1. The van der Waals surface area contributed by atoms with Gasteiger partial charge >= 0.3 is 6.03 Å². The normalized spacial score (nSPS) is 20.4. The van der Waals surface area contributed by atoms with E-state index in [0.717, 1.165) is 25.7 Å². The molecule has 0 aromatic carbocycles. The maximum atomic E-state index is 12.0. The zero-order valence-electron chi connectivity index (χ0n) is 12.0. The molecule has 0 bridgehead atoms. The van der Waals surface area contributed by atoms with Gasteiger partial charge in [-0.25, -0.2) is 15.1 Å². The molecule has 1 aromatic rings. The summed E-state index contributed by atoms with van der Waals surface area (Å²) in [7, 11) is 1.78. The lowest BCUT2D eigenvalue weighted by Crippen LogP contribution is -2.45. The second-order valence-corrected chi connectivity index (χ2v) is 5.90. The Bertz CT molecular complexity index is 405. The number of urea groups is 1. The Kier molecular flexibility index (Phi) is 5.82. The lowest BCUT2D eigenvalue weighted by Gasteiger charge is -2.27. The highest BCUT2D eigenvalue weighted by Crippen LogP contribution is 2.13. The van der Waals surface area contributed by atoms with Gasteiger partial charge in [-0.3, -0.25) is 0 Å². The van der Waals surface area contributed by atoms with E-state index in [2.05, 4.69) is 16.9 Å². The molecule has 0 spiro atoms. The van der Waals surface area contributed by atoms with Gasteiger partial charge in [0.1, 0.15) is 0 Å². The largest absolute Gasteiger partial charge is 0.350 e. The minimum absolute atomic E-state index is 0.112. The first-order valence-corrected chi connectivity index (χ1v) is 7.92. The molecule has 1 fully saturated rings. The van der Waals surface area contributed by atoms with E-state index in [1.165, 1.54) is 5.56 Å². The first kappa shape index (κ1) is 15.3. The first-order valence-electron chi connectivity index (χ1n) is 6.98. The summed E-state index contributed by atoms with van der Waals surface area (Å²) in [6, 6.07) is 1.96. The molecule has 0 aliphatic carbocycles. The molecular formula is C14H22N2O3S. The van der Waals surface area contributed by atoms with E-state index in [1.54, 1.807) is 23.3 Å². The zero-order valence-corrected chi connectivity index (χ0v) is 12.8. The lowest BCUT2D eigenvalue weighted by molar-refractivity contribution is -0.187. The maximum Gasteiger partial charge on any atom is 0.341 e. The van der Waals surface area contributed by atoms with Crippen LogP contribution in [0.2, 0.25) is 0 Å². The number of carbonyl (C=O) groups excluding carboxylic acids is 1. The molecule has 5 nitrogen and oxygen atoms in total. The predicted octanol–water partition coefficient (Wildman–Crippen LogP) is 2.78. The number of thiophene rings is 1. The summed E-state index contributed by atoms with van der Waals surface area (Å²) in [5, 5.41) is 4.15. The topological polar surface area (TPSA) is 50.8 Å². The van der Waals surface area contributed by atoms with E-state index in [1.807, 2.05) is 12.3 Å². The number of hydroxylamine groups is 1. The van der Waals surface area contributed by atoms with Crippen molar-refractivity contribution in [2.45, 2.75) is 44.9 Å². The minimum atomic E-state index is -0.312. The van der Waals surface area contributed by atoms with Crippen molar-refractivity contribution in [3.63, 3.8) is 0 Å². The van der Waals surface area contributed by atoms with Crippen molar-refractivity contribution in [1.29, 1.82) is 0 Å². The molecule has 20 heavy (non-hydrogen) atoms. The third-order valence-electron chi connectivity index (χ3n) is 3.51. The van der Waals surface area contributed by atoms with Gasteiger partial charge in [0.2, 0.25) is 0 Å². The Morgan fingerprint density at radius 2 is 2.50 bits per heavy atom. The molecule has 2 amide bonds. The molecule has 2 rings (SSSR count). The number of hydrogen-bond acceptors (Lipinski definition) is 4. The zero-order chi connectivity index (χ0) is 14.4. The molecule has 1 aromatic heterocycles. The Hall–Kier alpha value is -1.11. The van der Waals surface area contributed by atoms with Crippen molar-refractivity contribution in [3.05, 3.63) is 22.4 Å². The highest BCUT2D eigenvalue weighted by atomic mass is 32.1. The van der Waals surface area contributed by atoms with Crippen LogP contribution in [0.4, 0.5) is 4.79 Å². The molecule has 112 valence electrons. The van der Waals surface area contributed by atoms with Gasteiger partial charge in [-0.1, -0.05) is 0 Å². The van der Waals surface area contributed by atoms with E-state index in [-0.39, 0.29) is 18.4 Å². The summed E-state index contributed by atoms with van der Waals surface area (Å²) in [4.78, 5) is 18.9. The Morgan fingerprint density at radius 3 is 3.15 bits per heavy atom. The average Bonchev–Trinajstić information content (AvgIpc) is 2.98. The Labute approximate surface area is 123 Å². The fraction of sp³-hybridized carbons (Fsp3) is 0.643. The number of rotatable bonds is 5. The van der Waals surface area contributed by atoms with Crippen molar-refractivity contribution in [2.75, 3.05) is 13.7 Å². The van der Waals surface area contributed by atoms with Crippen LogP contribution in [0.25, 0.3) is 0 Å². The number of nitrogens with zero attached hydrogens (tertiary/aromatic N) is 1. The fourth-order valence-corrected chi connectivity index (χ4v) is 2.76. The van der Waals surface area contributed by atoms with Crippen molar-refractivity contribution >= 4 is 17.4 Å². The molecular weight excluding hydrogens is 276 g/mol. The number of hydrogen-bond donors (Lipinski definition) is 1. The standard InChI is InChI=1S/C14H22N2O3S/c1-11(9-12-6-8-20-10-12)16(2)14(17)15-19-13-5-3-4-7-18-13/h6,8,10-11,13H,3-5,7,9H2,1-2H3,(H,15,17)/t11-,13+/m0/s1. The van der Waals surface area contributed by atoms with E-state index in [0.29, 0.717) is 6.61 Å². The maximum absolute atomic E-state index is 12.0. The average molecular weight is 298 g/mol. The summed E-state index contributed by atoms with van der Waals surface area (Å²) >= 11 is 1.67. The highest BCUT2D eigenvalue weighted by molar-refractivity contribution is 7.07. The van der Waals surface area contributed by atoms with Gasteiger partial charge in [-0.2, -0.15) is 11.3 Å². The highest BCUT2D eigenvalue weighted by Gasteiger charge is 2.19. The molecule has 2 heterocycles. The third kappa shape index (κ3) is 4.47. The monoisotopic (exact) mass is 298 g/mol. The summed E-state index contributed by atoms with van der Waals surface area (Å²) < 4.78 is 5.40. The van der Waals surface area contributed by atoms with Crippen LogP contribution < -0.4 is 5.48 Å². The molecule has 0 radical (unpaired) electrons. The van der Waals surface area contributed by atoms with Gasteiger partial charge in [0.15, 0.2) is 6.29 Å². The quantitative estimate of drug-likeness (QED) is 0.850. The van der Waals surface area contributed by atoms with Crippen LogP contribution in [-0.4, -0.2) is 36.9 Å². The van der Waals surface area contributed by atoms with Gasteiger partial charge < -0.3 is 9.64 Å². The van der Waals surface area contributed by atoms with Crippen LogP contribution >= 0.6 is 11.3 Å². The number of likely N-dealkylation sites (N-methyl/N-ethyl adjacent to an activating group) is 1. The number of nitrogens with one attached hydrogen (secondary N) is 1. The summed E-state index contributed by atoms with van der Waals surface area (Å²) in [6.07, 6.45) is 3.49. The Balaban J connectivity index is 1.73. The van der Waals surface area contributed by atoms with Gasteiger partial charge in [0, 0.05) is 26.1 Å². The van der Waals surface area contributed by atoms with Crippen molar-refractivity contribution in [3.8, 4) is 0 Å². The van der Waals surface area contributed by atoms with Crippen molar-refractivity contribution in [2.24, 2.45) is 0 Å². The minimum Gasteiger partial charge on any atom is -0.350 e. The Morgan fingerprint density at radius 1 is 1.65 bits per heavy atom. The molecule has 1 saturated heterocycles. The molecule has 0 unspecified atom stereocenters. The smallest absolute Gasteiger partial charge is 0.341 e. The van der Waals surface area contributed by atoms with Gasteiger partial charge in [-0.15, -0.1) is 0 Å². The summed E-state index contributed by atoms with van der Waals surface area (Å²) in [5.74, 6) is 0. The molecule has 2 atom stereocenters. The van der Waals surface area contributed by atoms with E-state index >= 15 is 0 Å². The van der Waals surface area contributed by atoms with Crippen LogP contribution in [0.15, 0.2) is 16.8 Å². The van der Waals surface area contributed by atoms with Gasteiger partial charge in [-0.05, 0) is 48.6 Å². The number of ether oxygens (including phenoxy) is 1. The van der Waals surface area contributed by atoms with E-state index in [4.69, 9.17) is 9.57 Å². The van der Waals surface area contributed by atoms with Crippen LogP contribution in [0.1, 0.15) is 31.7 Å². The molecule has 6 heteroatoms. The van der Waals surface area contributed by atoms with Crippen molar-refractivity contribution < 1.29 is 14.4 Å². The molecule has 1 N–H and O–H groups in total. The predicted molar refractivity (Wildman–Crippen MR) is 78.5 cm³/mol. The van der Waals surface area contributed by atoms with E-state index < -0.39 is 0 Å². The summed E-state index contributed by atoms with van der Waals surface area (Å²) in [6.45, 7) is 2.72. The van der Waals surface area contributed by atoms with Crippen LogP contribution in [0.5, 0.6) is 0 Å². The van der Waals surface area contributed by atoms with Crippen molar-refractivity contribution in [1.82, 2.24) is 10.4 Å². The third-order valence-corrected chi connectivity index (χ3v) is 4.24. The SMILES string of the molecule is C[C@@H](Cc1ccsc1)N(C)C(=O)NO[C@@H]1CCCCO1. The van der Waals surface area contributed by atoms with Crippen LogP contribution in [0.3, 0.4) is 0 Å². The second kappa shape index (κ2) is 7.61. The first-order chi connectivity index (χ1) is 9.66. The fourth-order valence-electron chi connectivity index (χ4n) is 2.08.